The van der Waals surface area contributed by atoms with Crippen LogP contribution in [0.1, 0.15) is 11.5 Å². The van der Waals surface area contributed by atoms with E-state index in [4.69, 9.17) is 4.52 Å². The molecule has 8 heteroatoms. The Bertz CT molecular complexity index is 984. The van der Waals surface area contributed by atoms with Gasteiger partial charge in [-0.25, -0.2) is 8.42 Å². The SMILES string of the molecule is Cc1ccccc1-c1noc(CN(C)S(=O)(=O)c2ccc(Br)cc2)n1. The van der Waals surface area contributed by atoms with E-state index in [1.807, 2.05) is 31.2 Å². The summed E-state index contributed by atoms with van der Waals surface area (Å²) < 4.78 is 32.4. The first-order valence-electron chi connectivity index (χ1n) is 7.48. The summed E-state index contributed by atoms with van der Waals surface area (Å²) >= 11 is 3.29. The van der Waals surface area contributed by atoms with Crippen LogP contribution in [0.3, 0.4) is 0 Å². The maximum absolute atomic E-state index is 12.6. The van der Waals surface area contributed by atoms with Gasteiger partial charge in [-0.05, 0) is 36.8 Å². The number of sulfonamides is 1. The normalized spacial score (nSPS) is 11.8. The Balaban J connectivity index is 1.81. The zero-order chi connectivity index (χ0) is 18.0. The van der Waals surface area contributed by atoms with E-state index in [0.717, 1.165) is 15.6 Å². The molecule has 0 bridgehead atoms. The van der Waals surface area contributed by atoms with Crippen LogP contribution < -0.4 is 0 Å². The van der Waals surface area contributed by atoms with Crippen molar-refractivity contribution in [1.29, 1.82) is 0 Å². The van der Waals surface area contributed by atoms with Crippen LogP contribution in [-0.4, -0.2) is 29.9 Å². The zero-order valence-corrected chi connectivity index (χ0v) is 16.1. The summed E-state index contributed by atoms with van der Waals surface area (Å²) in [6.45, 7) is 1.95. The summed E-state index contributed by atoms with van der Waals surface area (Å²) in [5, 5.41) is 3.95. The third-order valence-corrected chi connectivity index (χ3v) is 6.08. The molecule has 3 rings (SSSR count). The van der Waals surface area contributed by atoms with Gasteiger partial charge in [-0.2, -0.15) is 9.29 Å². The van der Waals surface area contributed by atoms with Crippen LogP contribution in [0.5, 0.6) is 0 Å². The average molecular weight is 422 g/mol. The predicted octanol–water partition coefficient (Wildman–Crippen LogP) is 3.63. The molecule has 0 aliphatic carbocycles. The quantitative estimate of drug-likeness (QED) is 0.628. The number of halogens is 1. The highest BCUT2D eigenvalue weighted by Gasteiger charge is 2.23. The fourth-order valence-corrected chi connectivity index (χ4v) is 3.70. The topological polar surface area (TPSA) is 76.3 Å². The van der Waals surface area contributed by atoms with Crippen molar-refractivity contribution in [3.63, 3.8) is 0 Å². The summed E-state index contributed by atoms with van der Waals surface area (Å²) in [6.07, 6.45) is 0. The lowest BCUT2D eigenvalue weighted by Gasteiger charge is -2.15. The molecular formula is C17H16BrN3O3S. The lowest BCUT2D eigenvalue weighted by molar-refractivity contribution is 0.337. The largest absolute Gasteiger partial charge is 0.338 e. The monoisotopic (exact) mass is 421 g/mol. The second-order valence-corrected chi connectivity index (χ2v) is 8.50. The minimum absolute atomic E-state index is 0.00270. The first-order chi connectivity index (χ1) is 11.9. The predicted molar refractivity (Wildman–Crippen MR) is 97.3 cm³/mol. The maximum Gasteiger partial charge on any atom is 0.243 e. The van der Waals surface area contributed by atoms with Crippen LogP contribution >= 0.6 is 15.9 Å². The van der Waals surface area contributed by atoms with Crippen molar-refractivity contribution >= 4 is 26.0 Å². The summed E-state index contributed by atoms with van der Waals surface area (Å²) in [5.74, 6) is 0.684. The molecule has 0 saturated heterocycles. The molecule has 2 aromatic carbocycles. The van der Waals surface area contributed by atoms with Crippen LogP contribution in [0.25, 0.3) is 11.4 Å². The van der Waals surface area contributed by atoms with E-state index in [9.17, 15) is 8.42 Å². The van der Waals surface area contributed by atoms with Gasteiger partial charge in [0, 0.05) is 17.1 Å². The molecule has 25 heavy (non-hydrogen) atoms. The van der Waals surface area contributed by atoms with E-state index in [0.29, 0.717) is 5.82 Å². The van der Waals surface area contributed by atoms with Crippen LogP contribution in [0.2, 0.25) is 0 Å². The number of nitrogens with zero attached hydrogens (tertiary/aromatic N) is 3. The first-order valence-corrected chi connectivity index (χ1v) is 9.72. The summed E-state index contributed by atoms with van der Waals surface area (Å²) in [6, 6.07) is 14.1. The van der Waals surface area contributed by atoms with E-state index in [2.05, 4.69) is 26.1 Å². The highest BCUT2D eigenvalue weighted by molar-refractivity contribution is 9.10. The molecule has 0 aliphatic rings. The smallest absolute Gasteiger partial charge is 0.243 e. The zero-order valence-electron chi connectivity index (χ0n) is 13.7. The van der Waals surface area contributed by atoms with Crippen LogP contribution in [0, 0.1) is 6.92 Å². The number of hydrogen-bond donors (Lipinski definition) is 0. The molecular weight excluding hydrogens is 406 g/mol. The van der Waals surface area contributed by atoms with E-state index >= 15 is 0 Å². The second kappa shape index (κ2) is 7.07. The molecule has 0 amide bonds. The van der Waals surface area contributed by atoms with Crippen molar-refractivity contribution in [2.24, 2.45) is 0 Å². The molecule has 6 nitrogen and oxygen atoms in total. The fourth-order valence-electron chi connectivity index (χ4n) is 2.31. The van der Waals surface area contributed by atoms with E-state index in [1.165, 1.54) is 11.4 Å². The second-order valence-electron chi connectivity index (χ2n) is 5.54. The van der Waals surface area contributed by atoms with Gasteiger partial charge >= 0.3 is 0 Å². The molecule has 0 unspecified atom stereocenters. The van der Waals surface area contributed by atoms with Crippen molar-refractivity contribution in [3.05, 3.63) is 64.5 Å². The maximum atomic E-state index is 12.6. The van der Waals surface area contributed by atoms with Gasteiger partial charge in [0.1, 0.15) is 0 Å². The molecule has 3 aromatic rings. The Kier molecular flexibility index (Phi) is 5.03. The standard InChI is InChI=1S/C17H16BrN3O3S/c1-12-5-3-4-6-15(12)17-19-16(24-20-17)11-21(2)25(22,23)14-9-7-13(18)8-10-14/h3-10H,11H2,1-2H3. The molecule has 1 aromatic heterocycles. The molecule has 0 aliphatic heterocycles. The Morgan fingerprint density at radius 1 is 1.12 bits per heavy atom. The number of aryl methyl sites for hydroxylation is 1. The minimum Gasteiger partial charge on any atom is -0.338 e. The summed E-state index contributed by atoms with van der Waals surface area (Å²) in [4.78, 5) is 4.52. The molecule has 130 valence electrons. The Labute approximate surface area is 154 Å². The molecule has 0 N–H and O–H groups in total. The number of benzene rings is 2. The molecule has 0 fully saturated rings. The highest BCUT2D eigenvalue weighted by atomic mass is 79.9. The lowest BCUT2D eigenvalue weighted by atomic mass is 10.1. The van der Waals surface area contributed by atoms with Gasteiger partial charge in [0.2, 0.25) is 21.7 Å². The van der Waals surface area contributed by atoms with Gasteiger partial charge < -0.3 is 4.52 Å². The van der Waals surface area contributed by atoms with Gasteiger partial charge in [0.05, 0.1) is 11.4 Å². The molecule has 0 atom stereocenters. The van der Waals surface area contributed by atoms with Gasteiger partial charge in [-0.15, -0.1) is 0 Å². The van der Waals surface area contributed by atoms with Crippen LogP contribution in [0.4, 0.5) is 0 Å². The third kappa shape index (κ3) is 3.81. The van der Waals surface area contributed by atoms with E-state index < -0.39 is 10.0 Å². The van der Waals surface area contributed by atoms with Crippen LogP contribution in [-0.2, 0) is 16.6 Å². The third-order valence-electron chi connectivity index (χ3n) is 3.73. The minimum atomic E-state index is -3.63. The van der Waals surface area contributed by atoms with Crippen molar-refractivity contribution in [2.75, 3.05) is 7.05 Å². The van der Waals surface area contributed by atoms with Crippen molar-refractivity contribution in [1.82, 2.24) is 14.4 Å². The number of rotatable bonds is 5. The number of aromatic nitrogens is 2. The van der Waals surface area contributed by atoms with Gasteiger partial charge in [-0.1, -0.05) is 45.4 Å². The lowest BCUT2D eigenvalue weighted by Crippen LogP contribution is -2.26. The van der Waals surface area contributed by atoms with Crippen LogP contribution in [0.15, 0.2) is 62.4 Å². The van der Waals surface area contributed by atoms with E-state index in [-0.39, 0.29) is 17.3 Å². The van der Waals surface area contributed by atoms with Crippen molar-refractivity contribution in [2.45, 2.75) is 18.4 Å². The Morgan fingerprint density at radius 3 is 2.48 bits per heavy atom. The van der Waals surface area contributed by atoms with Gasteiger partial charge in [-0.3, -0.25) is 0 Å². The van der Waals surface area contributed by atoms with Gasteiger partial charge in [0.15, 0.2) is 0 Å². The highest BCUT2D eigenvalue weighted by Crippen LogP contribution is 2.22. The molecule has 1 heterocycles. The Morgan fingerprint density at radius 2 is 1.80 bits per heavy atom. The first kappa shape index (κ1) is 17.8. The average Bonchev–Trinajstić information content (AvgIpc) is 3.04. The summed E-state index contributed by atoms with van der Waals surface area (Å²) in [5.41, 5.74) is 1.88. The molecule has 0 saturated carbocycles. The number of hydrogen-bond acceptors (Lipinski definition) is 5. The van der Waals surface area contributed by atoms with E-state index in [1.54, 1.807) is 24.3 Å². The van der Waals surface area contributed by atoms with Crippen molar-refractivity contribution in [3.8, 4) is 11.4 Å². The summed E-state index contributed by atoms with van der Waals surface area (Å²) in [7, 11) is -2.15. The Hall–Kier alpha value is -2.03. The van der Waals surface area contributed by atoms with Gasteiger partial charge in [0.25, 0.3) is 0 Å². The molecule has 0 radical (unpaired) electrons. The van der Waals surface area contributed by atoms with Crippen molar-refractivity contribution < 1.29 is 12.9 Å². The fraction of sp³-hybridized carbons (Fsp3) is 0.176. The molecule has 0 spiro atoms.